The zero-order valence-electron chi connectivity index (χ0n) is 13.1. The first-order chi connectivity index (χ1) is 9.93. The standard InChI is InChI=1S/C18H24N2O/c1-17(2)11-8-9-18(17,3)14(10-11)20-15-12-6-4-5-7-13(12)19-16(15)21/h4-7,11,14-15,20H,8-10H2,1-3H3,(H,19,21). The van der Waals surface area contributed by atoms with Crippen molar-refractivity contribution in [3.63, 3.8) is 0 Å². The van der Waals surface area contributed by atoms with Gasteiger partial charge in [-0.2, -0.15) is 0 Å². The van der Waals surface area contributed by atoms with Crippen LogP contribution in [0.25, 0.3) is 0 Å². The Morgan fingerprint density at radius 3 is 2.67 bits per heavy atom. The summed E-state index contributed by atoms with van der Waals surface area (Å²) in [6.45, 7) is 7.24. The number of carbonyl (C=O) groups is 1. The molecule has 0 saturated heterocycles. The summed E-state index contributed by atoms with van der Waals surface area (Å²) < 4.78 is 0. The van der Waals surface area contributed by atoms with Gasteiger partial charge >= 0.3 is 0 Å². The van der Waals surface area contributed by atoms with Crippen LogP contribution in [0.3, 0.4) is 0 Å². The Morgan fingerprint density at radius 2 is 2.00 bits per heavy atom. The van der Waals surface area contributed by atoms with Gasteiger partial charge in [0.1, 0.15) is 6.04 Å². The maximum atomic E-state index is 12.3. The Labute approximate surface area is 126 Å². The van der Waals surface area contributed by atoms with Crippen molar-refractivity contribution in [3.05, 3.63) is 29.8 Å². The number of anilines is 1. The summed E-state index contributed by atoms with van der Waals surface area (Å²) in [5.41, 5.74) is 2.74. The summed E-state index contributed by atoms with van der Waals surface area (Å²) in [6.07, 6.45) is 3.82. The van der Waals surface area contributed by atoms with E-state index in [-0.39, 0.29) is 11.9 Å². The maximum absolute atomic E-state index is 12.3. The predicted octanol–water partition coefficient (Wildman–Crippen LogP) is 3.48. The normalized spacial score (nSPS) is 39.4. The van der Waals surface area contributed by atoms with E-state index in [0.29, 0.717) is 16.9 Å². The van der Waals surface area contributed by atoms with Gasteiger partial charge in [-0.05, 0) is 42.1 Å². The molecule has 0 radical (unpaired) electrons. The monoisotopic (exact) mass is 284 g/mol. The summed E-state index contributed by atoms with van der Waals surface area (Å²) in [7, 11) is 0. The number of amides is 1. The zero-order valence-corrected chi connectivity index (χ0v) is 13.1. The van der Waals surface area contributed by atoms with Gasteiger partial charge < -0.3 is 5.32 Å². The lowest BCUT2D eigenvalue weighted by atomic mass is 9.69. The third-order valence-electron chi connectivity index (χ3n) is 6.95. The Balaban J connectivity index is 1.62. The molecule has 4 atom stereocenters. The average molecular weight is 284 g/mol. The summed E-state index contributed by atoms with van der Waals surface area (Å²) >= 11 is 0. The van der Waals surface area contributed by atoms with Gasteiger partial charge in [0.25, 0.3) is 0 Å². The highest BCUT2D eigenvalue weighted by Crippen LogP contribution is 2.65. The fraction of sp³-hybridized carbons (Fsp3) is 0.611. The van der Waals surface area contributed by atoms with Crippen LogP contribution >= 0.6 is 0 Å². The second-order valence-electron chi connectivity index (χ2n) is 7.84. The molecule has 1 heterocycles. The summed E-state index contributed by atoms with van der Waals surface area (Å²) in [5.74, 6) is 0.889. The minimum absolute atomic E-state index is 0.0976. The van der Waals surface area contributed by atoms with Crippen molar-refractivity contribution >= 4 is 11.6 Å². The number of hydrogen-bond donors (Lipinski definition) is 2. The highest BCUT2D eigenvalue weighted by atomic mass is 16.2. The van der Waals surface area contributed by atoms with Gasteiger partial charge in [-0.15, -0.1) is 0 Å². The lowest BCUT2D eigenvalue weighted by molar-refractivity contribution is -0.118. The molecule has 4 rings (SSSR count). The Hall–Kier alpha value is -1.35. The van der Waals surface area contributed by atoms with Gasteiger partial charge in [0.05, 0.1) is 0 Å². The number of benzene rings is 1. The largest absolute Gasteiger partial charge is 0.324 e. The molecule has 2 bridgehead atoms. The van der Waals surface area contributed by atoms with Crippen molar-refractivity contribution in [2.24, 2.45) is 16.7 Å². The molecule has 2 aliphatic carbocycles. The molecular formula is C18H24N2O. The van der Waals surface area contributed by atoms with E-state index in [9.17, 15) is 4.79 Å². The zero-order chi connectivity index (χ0) is 14.8. The van der Waals surface area contributed by atoms with Crippen molar-refractivity contribution in [1.82, 2.24) is 5.32 Å². The van der Waals surface area contributed by atoms with E-state index < -0.39 is 0 Å². The predicted molar refractivity (Wildman–Crippen MR) is 84.0 cm³/mol. The average Bonchev–Trinajstić information content (AvgIpc) is 2.94. The van der Waals surface area contributed by atoms with Crippen LogP contribution in [0.5, 0.6) is 0 Å². The van der Waals surface area contributed by atoms with E-state index >= 15 is 0 Å². The van der Waals surface area contributed by atoms with Gasteiger partial charge in [0, 0.05) is 17.3 Å². The minimum Gasteiger partial charge on any atom is -0.324 e. The summed E-state index contributed by atoms with van der Waals surface area (Å²) in [5, 5.41) is 6.70. The van der Waals surface area contributed by atoms with E-state index in [1.54, 1.807) is 0 Å². The van der Waals surface area contributed by atoms with Gasteiger partial charge in [-0.3, -0.25) is 10.1 Å². The molecule has 112 valence electrons. The van der Waals surface area contributed by atoms with Crippen LogP contribution in [-0.2, 0) is 4.79 Å². The maximum Gasteiger partial charge on any atom is 0.246 e. The first-order valence-electron chi connectivity index (χ1n) is 8.09. The minimum atomic E-state index is -0.182. The SMILES string of the molecule is CC1(C)C2CCC1(C)C(NC1C(=O)Nc3ccccc31)C2. The highest BCUT2D eigenvalue weighted by molar-refractivity contribution is 6.02. The molecule has 2 fully saturated rings. The first kappa shape index (κ1) is 13.3. The van der Waals surface area contributed by atoms with E-state index in [2.05, 4.69) is 37.5 Å². The van der Waals surface area contributed by atoms with Crippen LogP contribution in [0.4, 0.5) is 5.69 Å². The number of fused-ring (bicyclic) bond motifs is 3. The molecule has 1 amide bonds. The van der Waals surface area contributed by atoms with Gasteiger partial charge in [0.15, 0.2) is 0 Å². The van der Waals surface area contributed by atoms with Crippen LogP contribution in [0.1, 0.15) is 51.6 Å². The first-order valence-corrected chi connectivity index (χ1v) is 8.09. The number of rotatable bonds is 2. The fourth-order valence-electron chi connectivity index (χ4n) is 5.03. The number of carbonyl (C=O) groups excluding carboxylic acids is 1. The molecule has 4 unspecified atom stereocenters. The second-order valence-corrected chi connectivity index (χ2v) is 7.84. The molecule has 2 N–H and O–H groups in total. The third kappa shape index (κ3) is 1.61. The van der Waals surface area contributed by atoms with Crippen LogP contribution < -0.4 is 10.6 Å². The molecule has 1 aromatic carbocycles. The Kier molecular flexibility index (Phi) is 2.60. The Bertz CT molecular complexity index is 609. The molecule has 0 aromatic heterocycles. The number of nitrogens with one attached hydrogen (secondary N) is 2. The lowest BCUT2D eigenvalue weighted by Crippen LogP contribution is -2.47. The quantitative estimate of drug-likeness (QED) is 0.873. The summed E-state index contributed by atoms with van der Waals surface area (Å²) in [4.78, 5) is 12.3. The van der Waals surface area contributed by atoms with Crippen molar-refractivity contribution in [1.29, 1.82) is 0 Å². The van der Waals surface area contributed by atoms with Crippen LogP contribution in [0.2, 0.25) is 0 Å². The molecule has 1 aromatic rings. The molecule has 3 heteroatoms. The molecule has 21 heavy (non-hydrogen) atoms. The van der Waals surface area contributed by atoms with Gasteiger partial charge in [0.2, 0.25) is 5.91 Å². The number of para-hydroxylation sites is 1. The smallest absolute Gasteiger partial charge is 0.246 e. The number of hydrogen-bond acceptors (Lipinski definition) is 2. The van der Waals surface area contributed by atoms with E-state index in [1.165, 1.54) is 19.3 Å². The second kappa shape index (κ2) is 4.10. The van der Waals surface area contributed by atoms with Crippen molar-refractivity contribution in [3.8, 4) is 0 Å². The fourth-order valence-corrected chi connectivity index (χ4v) is 5.03. The van der Waals surface area contributed by atoms with Crippen LogP contribution in [0.15, 0.2) is 24.3 Å². The molecule has 2 saturated carbocycles. The van der Waals surface area contributed by atoms with Crippen LogP contribution in [0, 0.1) is 16.7 Å². The van der Waals surface area contributed by atoms with Crippen molar-refractivity contribution in [2.75, 3.05) is 5.32 Å². The van der Waals surface area contributed by atoms with Crippen molar-refractivity contribution < 1.29 is 4.79 Å². The van der Waals surface area contributed by atoms with E-state index in [4.69, 9.17) is 0 Å². The Morgan fingerprint density at radius 1 is 1.24 bits per heavy atom. The van der Waals surface area contributed by atoms with Crippen molar-refractivity contribution in [2.45, 2.75) is 52.1 Å². The van der Waals surface area contributed by atoms with E-state index in [0.717, 1.165) is 17.2 Å². The molecular weight excluding hydrogens is 260 g/mol. The lowest BCUT2D eigenvalue weighted by Gasteiger charge is -2.40. The molecule has 0 spiro atoms. The summed E-state index contributed by atoms with van der Waals surface area (Å²) in [6, 6.07) is 8.29. The molecule has 3 aliphatic rings. The van der Waals surface area contributed by atoms with Crippen LogP contribution in [-0.4, -0.2) is 11.9 Å². The van der Waals surface area contributed by atoms with E-state index in [1.807, 2.05) is 18.2 Å². The van der Waals surface area contributed by atoms with Gasteiger partial charge in [-0.25, -0.2) is 0 Å². The highest BCUT2D eigenvalue weighted by Gasteiger charge is 2.61. The third-order valence-corrected chi connectivity index (χ3v) is 6.95. The molecule has 3 nitrogen and oxygen atoms in total. The van der Waals surface area contributed by atoms with Gasteiger partial charge in [-0.1, -0.05) is 39.0 Å². The topological polar surface area (TPSA) is 41.1 Å². The molecule has 1 aliphatic heterocycles.